The third kappa shape index (κ3) is 4.87. The number of aromatic nitrogens is 1. The van der Waals surface area contributed by atoms with Gasteiger partial charge in [0.15, 0.2) is 23.2 Å². The first-order valence-electron chi connectivity index (χ1n) is 9.73. The van der Waals surface area contributed by atoms with Gasteiger partial charge in [-0.2, -0.15) is 0 Å². The molecule has 3 aromatic rings. The summed E-state index contributed by atoms with van der Waals surface area (Å²) >= 11 is 0. The largest absolute Gasteiger partial charge is 0.454 e. The van der Waals surface area contributed by atoms with E-state index in [0.717, 1.165) is 54.0 Å². The highest BCUT2D eigenvalue weighted by atomic mass is 16.7. The van der Waals surface area contributed by atoms with Crippen molar-refractivity contribution in [2.24, 2.45) is 4.99 Å². The van der Waals surface area contributed by atoms with E-state index in [0.29, 0.717) is 13.3 Å². The standard InChI is InChI=1S/C22H24N4O3/c1-2-23-22(24-11-10-16-8-9-19-21(12-16)28-15-27-19)25-14-18-13-20(29-26-18)17-6-4-3-5-7-17/h3-9,12-13H,2,10-11,14-15H2,1H3,(H2,23,24,25). The summed E-state index contributed by atoms with van der Waals surface area (Å²) in [6.07, 6.45) is 0.850. The molecule has 7 nitrogen and oxygen atoms in total. The number of nitrogens with one attached hydrogen (secondary N) is 2. The molecular weight excluding hydrogens is 368 g/mol. The number of aliphatic imine (C=N–C) groups is 1. The number of hydrogen-bond acceptors (Lipinski definition) is 5. The molecule has 150 valence electrons. The van der Waals surface area contributed by atoms with Crippen molar-refractivity contribution in [3.05, 3.63) is 65.9 Å². The molecule has 29 heavy (non-hydrogen) atoms. The van der Waals surface area contributed by atoms with Crippen LogP contribution in [0.1, 0.15) is 18.2 Å². The summed E-state index contributed by atoms with van der Waals surface area (Å²) in [4.78, 5) is 4.61. The Bertz CT molecular complexity index is 969. The quantitative estimate of drug-likeness (QED) is 0.474. The van der Waals surface area contributed by atoms with Crippen molar-refractivity contribution in [3.8, 4) is 22.8 Å². The molecule has 4 rings (SSSR count). The molecule has 1 aliphatic heterocycles. The van der Waals surface area contributed by atoms with E-state index < -0.39 is 0 Å². The van der Waals surface area contributed by atoms with Crippen LogP contribution in [-0.2, 0) is 13.0 Å². The first-order valence-corrected chi connectivity index (χ1v) is 9.73. The number of hydrogen-bond donors (Lipinski definition) is 2. The predicted molar refractivity (Wildman–Crippen MR) is 111 cm³/mol. The summed E-state index contributed by atoms with van der Waals surface area (Å²) in [6.45, 7) is 4.31. The van der Waals surface area contributed by atoms with Gasteiger partial charge in [0.05, 0.1) is 6.54 Å². The van der Waals surface area contributed by atoms with Gasteiger partial charge in [-0.15, -0.1) is 0 Å². The van der Waals surface area contributed by atoms with Gasteiger partial charge in [0.25, 0.3) is 0 Å². The van der Waals surface area contributed by atoms with E-state index in [-0.39, 0.29) is 0 Å². The highest BCUT2D eigenvalue weighted by Crippen LogP contribution is 2.32. The maximum atomic E-state index is 5.44. The van der Waals surface area contributed by atoms with E-state index in [4.69, 9.17) is 14.0 Å². The number of ether oxygens (including phenoxy) is 2. The molecule has 0 fully saturated rings. The Hall–Kier alpha value is -3.48. The normalized spacial score (nSPS) is 12.8. The molecule has 0 saturated carbocycles. The molecule has 0 unspecified atom stereocenters. The fourth-order valence-electron chi connectivity index (χ4n) is 3.05. The Morgan fingerprint density at radius 3 is 2.76 bits per heavy atom. The maximum Gasteiger partial charge on any atom is 0.231 e. The zero-order valence-corrected chi connectivity index (χ0v) is 16.4. The van der Waals surface area contributed by atoms with Crippen LogP contribution < -0.4 is 20.1 Å². The molecule has 0 amide bonds. The van der Waals surface area contributed by atoms with Crippen LogP contribution >= 0.6 is 0 Å². The molecule has 1 aliphatic rings. The zero-order chi connectivity index (χ0) is 19.9. The lowest BCUT2D eigenvalue weighted by Crippen LogP contribution is -2.38. The summed E-state index contributed by atoms with van der Waals surface area (Å²) < 4.78 is 16.2. The summed E-state index contributed by atoms with van der Waals surface area (Å²) in [5, 5.41) is 10.7. The van der Waals surface area contributed by atoms with E-state index in [1.54, 1.807) is 0 Å². The Morgan fingerprint density at radius 1 is 1.03 bits per heavy atom. The molecule has 2 heterocycles. The van der Waals surface area contributed by atoms with Crippen LogP contribution in [0, 0.1) is 0 Å². The second-order valence-electron chi connectivity index (χ2n) is 6.61. The first kappa shape index (κ1) is 18.9. The smallest absolute Gasteiger partial charge is 0.231 e. The lowest BCUT2D eigenvalue weighted by Gasteiger charge is -2.11. The third-order valence-electron chi connectivity index (χ3n) is 4.50. The van der Waals surface area contributed by atoms with Gasteiger partial charge >= 0.3 is 0 Å². The fraction of sp³-hybridized carbons (Fsp3) is 0.273. The minimum absolute atomic E-state index is 0.294. The van der Waals surface area contributed by atoms with E-state index in [9.17, 15) is 0 Å². The van der Waals surface area contributed by atoms with Crippen LogP contribution in [0.4, 0.5) is 0 Å². The van der Waals surface area contributed by atoms with Gasteiger partial charge < -0.3 is 24.6 Å². The summed E-state index contributed by atoms with van der Waals surface area (Å²) in [5.74, 6) is 3.11. The number of guanidine groups is 1. The lowest BCUT2D eigenvalue weighted by atomic mass is 10.1. The van der Waals surface area contributed by atoms with Crippen molar-refractivity contribution in [2.45, 2.75) is 19.9 Å². The minimum Gasteiger partial charge on any atom is -0.454 e. The average Bonchev–Trinajstić information content (AvgIpc) is 3.42. The van der Waals surface area contributed by atoms with Gasteiger partial charge in [0.1, 0.15) is 5.69 Å². The molecule has 0 bridgehead atoms. The number of rotatable bonds is 7. The highest BCUT2D eigenvalue weighted by molar-refractivity contribution is 5.79. The zero-order valence-electron chi connectivity index (χ0n) is 16.4. The fourth-order valence-corrected chi connectivity index (χ4v) is 3.05. The predicted octanol–water partition coefficient (Wildman–Crippen LogP) is 3.37. The Morgan fingerprint density at radius 2 is 1.90 bits per heavy atom. The van der Waals surface area contributed by atoms with E-state index >= 15 is 0 Å². The number of benzene rings is 2. The van der Waals surface area contributed by atoms with Gasteiger partial charge in [-0.25, -0.2) is 4.99 Å². The van der Waals surface area contributed by atoms with Crippen molar-refractivity contribution in [1.29, 1.82) is 0 Å². The average molecular weight is 392 g/mol. The molecule has 7 heteroatoms. The Balaban J connectivity index is 1.32. The maximum absolute atomic E-state index is 5.44. The highest BCUT2D eigenvalue weighted by Gasteiger charge is 2.13. The molecule has 0 spiro atoms. The topological polar surface area (TPSA) is 80.9 Å². The molecule has 2 N–H and O–H groups in total. The van der Waals surface area contributed by atoms with E-state index in [1.807, 2.05) is 55.5 Å². The monoisotopic (exact) mass is 392 g/mol. The van der Waals surface area contributed by atoms with Crippen LogP contribution in [0.3, 0.4) is 0 Å². The van der Waals surface area contributed by atoms with Crippen LogP contribution in [0.2, 0.25) is 0 Å². The molecular formula is C22H24N4O3. The van der Waals surface area contributed by atoms with E-state index in [2.05, 4.69) is 26.8 Å². The summed E-state index contributed by atoms with van der Waals surface area (Å²) in [6, 6.07) is 17.9. The van der Waals surface area contributed by atoms with Crippen LogP contribution in [0.25, 0.3) is 11.3 Å². The van der Waals surface area contributed by atoms with Crippen LogP contribution in [0.5, 0.6) is 11.5 Å². The van der Waals surface area contributed by atoms with Crippen molar-refractivity contribution in [2.75, 3.05) is 19.9 Å². The third-order valence-corrected chi connectivity index (χ3v) is 4.50. The molecule has 2 aromatic carbocycles. The SMILES string of the molecule is CCNC(=NCc1cc(-c2ccccc2)on1)NCCc1ccc2c(c1)OCO2. The Kier molecular flexibility index (Phi) is 5.95. The molecule has 0 saturated heterocycles. The second kappa shape index (κ2) is 9.14. The van der Waals surface area contributed by atoms with Gasteiger partial charge in [0, 0.05) is 24.7 Å². The summed E-state index contributed by atoms with van der Waals surface area (Å²) in [5.41, 5.74) is 2.97. The van der Waals surface area contributed by atoms with Crippen molar-refractivity contribution in [3.63, 3.8) is 0 Å². The number of nitrogens with zero attached hydrogens (tertiary/aromatic N) is 2. The van der Waals surface area contributed by atoms with Gasteiger partial charge in [-0.1, -0.05) is 41.6 Å². The Labute approximate surface area is 169 Å². The summed E-state index contributed by atoms with van der Waals surface area (Å²) in [7, 11) is 0. The van der Waals surface area contributed by atoms with Crippen molar-refractivity contribution >= 4 is 5.96 Å². The second-order valence-corrected chi connectivity index (χ2v) is 6.61. The van der Waals surface area contributed by atoms with Crippen LogP contribution in [-0.4, -0.2) is 31.0 Å². The minimum atomic E-state index is 0.294. The molecule has 0 radical (unpaired) electrons. The van der Waals surface area contributed by atoms with Gasteiger partial charge in [0.2, 0.25) is 6.79 Å². The van der Waals surface area contributed by atoms with Crippen molar-refractivity contribution in [1.82, 2.24) is 15.8 Å². The molecule has 0 aliphatic carbocycles. The van der Waals surface area contributed by atoms with Gasteiger partial charge in [-0.05, 0) is 31.0 Å². The molecule has 1 aromatic heterocycles. The van der Waals surface area contributed by atoms with Crippen LogP contribution in [0.15, 0.2) is 64.1 Å². The molecule has 0 atom stereocenters. The first-order chi connectivity index (χ1) is 14.3. The van der Waals surface area contributed by atoms with E-state index in [1.165, 1.54) is 5.56 Å². The lowest BCUT2D eigenvalue weighted by molar-refractivity contribution is 0.174. The number of fused-ring (bicyclic) bond motifs is 1. The van der Waals surface area contributed by atoms with Crippen molar-refractivity contribution < 1.29 is 14.0 Å². The van der Waals surface area contributed by atoms with Gasteiger partial charge in [-0.3, -0.25) is 0 Å².